The van der Waals surface area contributed by atoms with Crippen LogP contribution in [0.1, 0.15) is 18.9 Å². The molecule has 2 aromatic carbocycles. The molecular formula is C28H28Cl2FN5O3. The van der Waals surface area contributed by atoms with Gasteiger partial charge in [0.15, 0.2) is 5.82 Å². The smallest absolute Gasteiger partial charge is 0.219 e. The van der Waals surface area contributed by atoms with Crippen molar-refractivity contribution < 1.29 is 19.1 Å². The number of rotatable bonds is 12. The SMILES string of the molecule is C=CCCN(C(=NC)c1cc(Cl)c(-c2c(O)cccc2F)nc1N(C=O)c1ccccc1Cl)C(C)CNC=O. The molecule has 8 nitrogen and oxygen atoms in total. The third kappa shape index (κ3) is 6.55. The predicted octanol–water partition coefficient (Wildman–Crippen LogP) is 5.58. The van der Waals surface area contributed by atoms with Crippen LogP contribution in [0.3, 0.4) is 0 Å². The maximum absolute atomic E-state index is 14.9. The van der Waals surface area contributed by atoms with Crippen molar-refractivity contribution in [2.24, 2.45) is 4.99 Å². The number of phenols is 1. The number of para-hydroxylation sites is 1. The fourth-order valence-electron chi connectivity index (χ4n) is 4.12. The standard InChI is InChI=1S/C28H28Cl2FN5O3/c1-4-5-13-35(18(2)15-33-16-37)27(32-3)19-14-21(30)26(25-22(31)10-8-12-24(25)39)34-28(19)36(17-38)23-11-7-6-9-20(23)29/h4,6-12,14,16-18,39H,1,5,13,15H2,2-3H3,(H,33,37). The van der Waals surface area contributed by atoms with E-state index in [2.05, 4.69) is 21.9 Å². The van der Waals surface area contributed by atoms with Crippen molar-refractivity contribution in [2.45, 2.75) is 19.4 Å². The van der Waals surface area contributed by atoms with E-state index in [1.54, 1.807) is 37.4 Å². The van der Waals surface area contributed by atoms with Crippen LogP contribution in [0.25, 0.3) is 11.3 Å². The van der Waals surface area contributed by atoms with Crippen molar-refractivity contribution in [3.05, 3.63) is 82.6 Å². The van der Waals surface area contributed by atoms with Crippen LogP contribution in [-0.2, 0) is 9.59 Å². The van der Waals surface area contributed by atoms with Crippen molar-refractivity contribution in [3.8, 4) is 17.0 Å². The largest absolute Gasteiger partial charge is 0.507 e. The maximum atomic E-state index is 14.9. The Bertz CT molecular complexity index is 1370. The van der Waals surface area contributed by atoms with Crippen LogP contribution in [0.5, 0.6) is 5.75 Å². The Morgan fingerprint density at radius 1 is 1.21 bits per heavy atom. The normalized spacial score (nSPS) is 12.0. The number of amides is 2. The number of hydrogen-bond acceptors (Lipinski definition) is 5. The zero-order valence-corrected chi connectivity index (χ0v) is 23.0. The number of nitrogens with one attached hydrogen (secondary N) is 1. The number of phenolic OH excluding ortho intramolecular Hbond substituents is 1. The lowest BCUT2D eigenvalue weighted by atomic mass is 10.1. The van der Waals surface area contributed by atoms with E-state index in [0.717, 1.165) is 0 Å². The molecule has 0 saturated heterocycles. The number of hydrogen-bond donors (Lipinski definition) is 2. The minimum atomic E-state index is -0.746. The van der Waals surface area contributed by atoms with Gasteiger partial charge in [-0.2, -0.15) is 0 Å². The summed E-state index contributed by atoms with van der Waals surface area (Å²) in [6.07, 6.45) is 3.47. The maximum Gasteiger partial charge on any atom is 0.219 e. The molecule has 11 heteroatoms. The first-order valence-electron chi connectivity index (χ1n) is 12.0. The lowest BCUT2D eigenvalue weighted by Gasteiger charge is -2.33. The quantitative estimate of drug-likeness (QED) is 0.128. The Balaban J connectivity index is 2.34. The van der Waals surface area contributed by atoms with Gasteiger partial charge in [-0.05, 0) is 43.7 Å². The lowest BCUT2D eigenvalue weighted by molar-refractivity contribution is -0.109. The highest BCUT2D eigenvalue weighted by Crippen LogP contribution is 2.40. The first kappa shape index (κ1) is 29.6. The van der Waals surface area contributed by atoms with Gasteiger partial charge in [0.05, 0.1) is 32.6 Å². The van der Waals surface area contributed by atoms with Gasteiger partial charge in [0, 0.05) is 26.2 Å². The second kappa shape index (κ2) is 13.7. The summed E-state index contributed by atoms with van der Waals surface area (Å²) in [7, 11) is 1.57. The van der Waals surface area contributed by atoms with Crippen LogP contribution in [0.15, 0.2) is 66.2 Å². The minimum Gasteiger partial charge on any atom is -0.507 e. The van der Waals surface area contributed by atoms with E-state index in [1.807, 2.05) is 11.8 Å². The van der Waals surface area contributed by atoms with E-state index >= 15 is 0 Å². The Hall–Kier alpha value is -3.95. The molecule has 1 unspecified atom stereocenters. The van der Waals surface area contributed by atoms with E-state index in [0.29, 0.717) is 49.4 Å². The highest BCUT2D eigenvalue weighted by Gasteiger charge is 2.28. The number of aliphatic imine (C=N–C) groups is 1. The first-order valence-corrected chi connectivity index (χ1v) is 12.7. The molecule has 0 spiro atoms. The topological polar surface area (TPSA) is 98.1 Å². The molecule has 2 N–H and O–H groups in total. The minimum absolute atomic E-state index is 0.0163. The molecular weight excluding hydrogens is 544 g/mol. The Labute approximate surface area is 236 Å². The molecule has 0 aliphatic rings. The van der Waals surface area contributed by atoms with Crippen molar-refractivity contribution in [3.63, 3.8) is 0 Å². The van der Waals surface area contributed by atoms with Crippen LogP contribution < -0.4 is 10.2 Å². The van der Waals surface area contributed by atoms with Gasteiger partial charge < -0.3 is 15.3 Å². The van der Waals surface area contributed by atoms with Crippen molar-refractivity contribution in [1.29, 1.82) is 0 Å². The van der Waals surface area contributed by atoms with Crippen molar-refractivity contribution >= 4 is 53.4 Å². The van der Waals surface area contributed by atoms with Crippen LogP contribution in [-0.4, -0.2) is 59.8 Å². The van der Waals surface area contributed by atoms with Crippen LogP contribution in [0, 0.1) is 5.82 Å². The van der Waals surface area contributed by atoms with Crippen LogP contribution >= 0.6 is 23.2 Å². The highest BCUT2D eigenvalue weighted by atomic mass is 35.5. The van der Waals surface area contributed by atoms with Crippen LogP contribution in [0.4, 0.5) is 15.9 Å². The van der Waals surface area contributed by atoms with Gasteiger partial charge in [-0.1, -0.05) is 47.5 Å². The average molecular weight is 572 g/mol. The summed E-state index contributed by atoms with van der Waals surface area (Å²) in [6.45, 7) is 6.47. The number of halogens is 3. The van der Waals surface area contributed by atoms with E-state index in [9.17, 15) is 19.1 Å². The molecule has 3 aromatic rings. The molecule has 2 amide bonds. The molecule has 0 aliphatic carbocycles. The summed E-state index contributed by atoms with van der Waals surface area (Å²) in [4.78, 5) is 35.8. The number of pyridine rings is 1. The van der Waals surface area contributed by atoms with Crippen molar-refractivity contribution in [2.75, 3.05) is 25.0 Å². The summed E-state index contributed by atoms with van der Waals surface area (Å²) in [6, 6.07) is 11.8. The number of benzene rings is 2. The molecule has 0 radical (unpaired) electrons. The average Bonchev–Trinajstić information content (AvgIpc) is 2.92. The summed E-state index contributed by atoms with van der Waals surface area (Å²) in [5, 5.41) is 13.4. The number of anilines is 2. The van der Waals surface area contributed by atoms with E-state index in [4.69, 9.17) is 23.2 Å². The van der Waals surface area contributed by atoms with Gasteiger partial charge in [-0.3, -0.25) is 19.5 Å². The summed E-state index contributed by atoms with van der Waals surface area (Å²) < 4.78 is 14.9. The fourth-order valence-corrected chi connectivity index (χ4v) is 4.59. The second-order valence-corrected chi connectivity index (χ2v) is 9.26. The van der Waals surface area contributed by atoms with Gasteiger partial charge in [0.2, 0.25) is 12.8 Å². The van der Waals surface area contributed by atoms with E-state index in [1.165, 1.54) is 29.2 Å². The van der Waals surface area contributed by atoms with Gasteiger partial charge >= 0.3 is 0 Å². The van der Waals surface area contributed by atoms with Gasteiger partial charge in [0.1, 0.15) is 17.4 Å². The fraction of sp³-hybridized carbons (Fsp3) is 0.214. The Morgan fingerprint density at radius 2 is 1.95 bits per heavy atom. The number of nitrogens with zero attached hydrogens (tertiary/aromatic N) is 4. The summed E-state index contributed by atoms with van der Waals surface area (Å²) >= 11 is 13.1. The lowest BCUT2D eigenvalue weighted by Crippen LogP contribution is -2.45. The third-order valence-electron chi connectivity index (χ3n) is 5.96. The van der Waals surface area contributed by atoms with Crippen molar-refractivity contribution in [1.82, 2.24) is 15.2 Å². The predicted molar refractivity (Wildman–Crippen MR) is 153 cm³/mol. The summed E-state index contributed by atoms with van der Waals surface area (Å²) in [5.41, 5.74) is 0.366. The van der Waals surface area contributed by atoms with E-state index in [-0.39, 0.29) is 38.9 Å². The molecule has 3 rings (SSSR count). The Morgan fingerprint density at radius 3 is 2.56 bits per heavy atom. The summed E-state index contributed by atoms with van der Waals surface area (Å²) in [5.74, 6) is -0.655. The number of carbonyl (C=O) groups is 2. The molecule has 204 valence electrons. The molecule has 0 saturated carbocycles. The molecule has 1 heterocycles. The number of amidine groups is 1. The molecule has 0 bridgehead atoms. The number of carbonyl (C=O) groups excluding carboxylic acids is 2. The highest BCUT2D eigenvalue weighted by molar-refractivity contribution is 6.34. The van der Waals surface area contributed by atoms with Gasteiger partial charge in [0.25, 0.3) is 0 Å². The zero-order chi connectivity index (χ0) is 28.5. The molecule has 1 aromatic heterocycles. The number of aromatic hydroxyl groups is 1. The second-order valence-electron chi connectivity index (χ2n) is 8.44. The molecule has 1 atom stereocenters. The molecule has 0 fully saturated rings. The van der Waals surface area contributed by atoms with Gasteiger partial charge in [-0.15, -0.1) is 6.58 Å². The first-order chi connectivity index (χ1) is 18.8. The van der Waals surface area contributed by atoms with Crippen LogP contribution in [0.2, 0.25) is 10.0 Å². The molecule has 39 heavy (non-hydrogen) atoms. The number of aromatic nitrogens is 1. The van der Waals surface area contributed by atoms with E-state index < -0.39 is 5.82 Å². The molecule has 0 aliphatic heterocycles. The third-order valence-corrected chi connectivity index (χ3v) is 6.57. The monoisotopic (exact) mass is 571 g/mol. The Kier molecular flexibility index (Phi) is 10.4. The van der Waals surface area contributed by atoms with Gasteiger partial charge in [-0.25, -0.2) is 9.37 Å². The zero-order valence-electron chi connectivity index (χ0n) is 21.4.